The number of carbonyl (C=O) groups is 1. The number of hydrogen-bond donors (Lipinski definition) is 1. The summed E-state index contributed by atoms with van der Waals surface area (Å²) in [5, 5.41) is 6.87. The van der Waals surface area contributed by atoms with Crippen molar-refractivity contribution in [3.05, 3.63) is 47.3 Å². The Bertz CT molecular complexity index is 772. The van der Waals surface area contributed by atoms with E-state index in [0.717, 1.165) is 23.5 Å². The lowest BCUT2D eigenvalue weighted by atomic mass is 10.1. The number of nitrogens with one attached hydrogen (secondary N) is 1. The number of nitrogens with zero attached hydrogens (tertiary/aromatic N) is 2. The maximum absolute atomic E-state index is 13.6. The molecule has 2 rings (SSSR count). The van der Waals surface area contributed by atoms with Gasteiger partial charge in [0.25, 0.3) is 0 Å². The SMILES string of the molecule is CC(C)c1cc(C(C)C)n(C[C@@H](C)OC(=O)Nc2ccc(F)cc2F)n1. The third-order valence-corrected chi connectivity index (χ3v) is 3.92. The molecule has 2 aromatic rings. The highest BCUT2D eigenvalue weighted by Crippen LogP contribution is 2.21. The smallest absolute Gasteiger partial charge is 0.412 e. The van der Waals surface area contributed by atoms with Crippen LogP contribution in [-0.2, 0) is 11.3 Å². The molecule has 0 aliphatic heterocycles. The van der Waals surface area contributed by atoms with E-state index in [-0.39, 0.29) is 11.6 Å². The molecule has 0 spiro atoms. The van der Waals surface area contributed by atoms with Crippen LogP contribution in [0.4, 0.5) is 19.3 Å². The fourth-order valence-electron chi connectivity index (χ4n) is 2.54. The van der Waals surface area contributed by atoms with E-state index in [1.807, 2.05) is 4.68 Å². The molecular formula is C19H25F2N3O2. The molecule has 0 fully saturated rings. The molecule has 1 atom stereocenters. The molecule has 142 valence electrons. The van der Waals surface area contributed by atoms with Crippen LogP contribution in [0, 0.1) is 11.6 Å². The number of hydrogen-bond acceptors (Lipinski definition) is 3. The second-order valence-electron chi connectivity index (χ2n) is 6.95. The molecular weight excluding hydrogens is 340 g/mol. The normalized spacial score (nSPS) is 12.5. The molecule has 1 N–H and O–H groups in total. The lowest BCUT2D eigenvalue weighted by Gasteiger charge is -2.17. The minimum atomic E-state index is -0.856. The van der Waals surface area contributed by atoms with Crippen LogP contribution in [0.5, 0.6) is 0 Å². The standard InChI is InChI=1S/C19H25F2N3O2/c1-11(2)17-9-18(12(3)4)24(23-17)10-13(5)26-19(25)22-16-7-6-14(20)8-15(16)21/h6-9,11-13H,10H2,1-5H3,(H,22,25)/t13-/m1/s1. The van der Waals surface area contributed by atoms with E-state index in [0.29, 0.717) is 18.5 Å². The van der Waals surface area contributed by atoms with Crippen molar-refractivity contribution in [2.75, 3.05) is 5.32 Å². The topological polar surface area (TPSA) is 56.1 Å². The van der Waals surface area contributed by atoms with Gasteiger partial charge in [-0.2, -0.15) is 5.10 Å². The molecule has 7 heteroatoms. The highest BCUT2D eigenvalue weighted by molar-refractivity contribution is 5.84. The van der Waals surface area contributed by atoms with Gasteiger partial charge in [0.15, 0.2) is 0 Å². The van der Waals surface area contributed by atoms with Crippen molar-refractivity contribution in [3.8, 4) is 0 Å². The highest BCUT2D eigenvalue weighted by atomic mass is 19.1. The zero-order valence-corrected chi connectivity index (χ0v) is 15.7. The minimum Gasteiger partial charge on any atom is -0.444 e. The molecule has 0 aliphatic carbocycles. The molecule has 1 aromatic heterocycles. The van der Waals surface area contributed by atoms with Crippen LogP contribution in [-0.4, -0.2) is 22.0 Å². The van der Waals surface area contributed by atoms with Crippen LogP contribution in [0.1, 0.15) is 57.8 Å². The van der Waals surface area contributed by atoms with Crippen molar-refractivity contribution >= 4 is 11.8 Å². The summed E-state index contributed by atoms with van der Waals surface area (Å²) >= 11 is 0. The van der Waals surface area contributed by atoms with Gasteiger partial charge in [0.1, 0.15) is 17.7 Å². The second kappa shape index (κ2) is 8.29. The average molecular weight is 365 g/mol. The third kappa shape index (κ3) is 5.03. The fraction of sp³-hybridized carbons (Fsp3) is 0.474. The zero-order chi connectivity index (χ0) is 19.4. The van der Waals surface area contributed by atoms with Crippen LogP contribution >= 0.6 is 0 Å². The van der Waals surface area contributed by atoms with E-state index in [1.165, 1.54) is 0 Å². The number of anilines is 1. The van der Waals surface area contributed by atoms with Crippen molar-refractivity contribution in [1.29, 1.82) is 0 Å². The number of ether oxygens (including phenoxy) is 1. The molecule has 0 radical (unpaired) electrons. The Morgan fingerprint density at radius 3 is 2.42 bits per heavy atom. The van der Waals surface area contributed by atoms with Gasteiger partial charge >= 0.3 is 6.09 Å². The largest absolute Gasteiger partial charge is 0.444 e. The lowest BCUT2D eigenvalue weighted by Crippen LogP contribution is -2.25. The first-order valence-corrected chi connectivity index (χ1v) is 8.67. The molecule has 1 amide bonds. The number of aromatic nitrogens is 2. The van der Waals surface area contributed by atoms with Gasteiger partial charge in [-0.3, -0.25) is 10.00 Å². The molecule has 1 aromatic carbocycles. The average Bonchev–Trinajstić information content (AvgIpc) is 2.94. The number of amides is 1. The first-order chi connectivity index (χ1) is 12.2. The number of carbonyl (C=O) groups excluding carboxylic acids is 1. The van der Waals surface area contributed by atoms with Crippen LogP contribution in [0.25, 0.3) is 0 Å². The summed E-state index contributed by atoms with van der Waals surface area (Å²) in [6.07, 6.45) is -1.28. The Morgan fingerprint density at radius 1 is 1.15 bits per heavy atom. The maximum atomic E-state index is 13.6. The first-order valence-electron chi connectivity index (χ1n) is 8.67. The predicted molar refractivity (Wildman–Crippen MR) is 96.3 cm³/mol. The minimum absolute atomic E-state index is 0.132. The summed E-state index contributed by atoms with van der Waals surface area (Å²) in [4.78, 5) is 12.0. The van der Waals surface area contributed by atoms with Gasteiger partial charge in [-0.05, 0) is 37.0 Å². The van der Waals surface area contributed by atoms with E-state index in [1.54, 1.807) is 6.92 Å². The summed E-state index contributed by atoms with van der Waals surface area (Å²) in [6.45, 7) is 10.4. The summed E-state index contributed by atoms with van der Waals surface area (Å²) in [5.41, 5.74) is 1.92. The van der Waals surface area contributed by atoms with Gasteiger partial charge in [0.05, 0.1) is 17.9 Å². The first kappa shape index (κ1) is 19.9. The van der Waals surface area contributed by atoms with E-state index in [2.05, 4.69) is 44.2 Å². The molecule has 0 saturated heterocycles. The van der Waals surface area contributed by atoms with Crippen LogP contribution in [0.3, 0.4) is 0 Å². The van der Waals surface area contributed by atoms with Gasteiger partial charge in [0, 0.05) is 11.8 Å². The van der Waals surface area contributed by atoms with Crippen molar-refractivity contribution < 1.29 is 18.3 Å². The van der Waals surface area contributed by atoms with Gasteiger partial charge in [-0.1, -0.05) is 27.7 Å². The Hall–Kier alpha value is -2.44. The van der Waals surface area contributed by atoms with Crippen LogP contribution < -0.4 is 5.32 Å². The van der Waals surface area contributed by atoms with Crippen LogP contribution in [0.2, 0.25) is 0 Å². The summed E-state index contributed by atoms with van der Waals surface area (Å²) in [6, 6.07) is 4.98. The maximum Gasteiger partial charge on any atom is 0.412 e. The number of rotatable bonds is 6. The van der Waals surface area contributed by atoms with Gasteiger partial charge in [0.2, 0.25) is 0 Å². The zero-order valence-electron chi connectivity index (χ0n) is 15.7. The molecule has 0 saturated carbocycles. The Kier molecular flexibility index (Phi) is 6.34. The van der Waals surface area contributed by atoms with Crippen molar-refractivity contribution in [2.24, 2.45) is 0 Å². The number of halogens is 2. The van der Waals surface area contributed by atoms with E-state index < -0.39 is 23.8 Å². The Labute approximate surface area is 152 Å². The lowest BCUT2D eigenvalue weighted by molar-refractivity contribution is 0.107. The number of benzene rings is 1. The quantitative estimate of drug-likeness (QED) is 0.780. The molecule has 0 aliphatic rings. The molecule has 5 nitrogen and oxygen atoms in total. The van der Waals surface area contributed by atoms with Gasteiger partial charge < -0.3 is 4.74 Å². The van der Waals surface area contributed by atoms with E-state index >= 15 is 0 Å². The molecule has 0 unspecified atom stereocenters. The summed E-state index contributed by atoms with van der Waals surface area (Å²) in [7, 11) is 0. The van der Waals surface area contributed by atoms with Gasteiger partial charge in [-0.15, -0.1) is 0 Å². The molecule has 0 bridgehead atoms. The highest BCUT2D eigenvalue weighted by Gasteiger charge is 2.18. The summed E-state index contributed by atoms with van der Waals surface area (Å²) < 4.78 is 33.6. The van der Waals surface area contributed by atoms with Crippen molar-refractivity contribution in [2.45, 2.75) is 59.1 Å². The van der Waals surface area contributed by atoms with Crippen molar-refractivity contribution in [1.82, 2.24) is 9.78 Å². The van der Waals surface area contributed by atoms with Gasteiger partial charge in [-0.25, -0.2) is 13.6 Å². The van der Waals surface area contributed by atoms with Crippen molar-refractivity contribution in [3.63, 3.8) is 0 Å². The molecule has 1 heterocycles. The van der Waals surface area contributed by atoms with E-state index in [4.69, 9.17) is 4.74 Å². The monoisotopic (exact) mass is 365 g/mol. The fourth-order valence-corrected chi connectivity index (χ4v) is 2.54. The second-order valence-corrected chi connectivity index (χ2v) is 6.95. The predicted octanol–water partition coefficient (Wildman–Crippen LogP) is 5.05. The van der Waals surface area contributed by atoms with Crippen LogP contribution in [0.15, 0.2) is 24.3 Å². The Balaban J connectivity index is 2.01. The third-order valence-electron chi connectivity index (χ3n) is 3.92. The summed E-state index contributed by atoms with van der Waals surface area (Å²) in [5.74, 6) is -0.986. The van der Waals surface area contributed by atoms with E-state index in [9.17, 15) is 13.6 Å². The Morgan fingerprint density at radius 2 is 1.85 bits per heavy atom. The molecule has 26 heavy (non-hydrogen) atoms.